The predicted molar refractivity (Wildman–Crippen MR) is 62.8 cm³/mol. The van der Waals surface area contributed by atoms with Gasteiger partial charge in [-0.05, 0) is 18.2 Å². The summed E-state index contributed by atoms with van der Waals surface area (Å²) in [5, 5.41) is 3.75. The van der Waals surface area contributed by atoms with Crippen molar-refractivity contribution < 1.29 is 4.39 Å². The molecule has 16 heavy (non-hydrogen) atoms. The summed E-state index contributed by atoms with van der Waals surface area (Å²) in [5.74, 6) is -0.296. The number of nitrogens with zero attached hydrogens (tertiary/aromatic N) is 1. The van der Waals surface area contributed by atoms with Crippen LogP contribution in [0.4, 0.5) is 4.39 Å². The number of piperazine rings is 1. The quantitative estimate of drug-likeness (QED) is 0.824. The van der Waals surface area contributed by atoms with Crippen molar-refractivity contribution in [3.05, 3.63) is 34.6 Å². The lowest BCUT2D eigenvalue weighted by molar-refractivity contribution is 0.174. The second-order valence-corrected chi connectivity index (χ2v) is 4.33. The van der Waals surface area contributed by atoms with Crippen molar-refractivity contribution >= 4 is 11.6 Å². The van der Waals surface area contributed by atoms with Gasteiger partial charge in [0.25, 0.3) is 0 Å². The van der Waals surface area contributed by atoms with E-state index >= 15 is 0 Å². The molecule has 88 valence electrons. The minimum Gasteiger partial charge on any atom is -0.314 e. The first-order chi connectivity index (χ1) is 7.68. The van der Waals surface area contributed by atoms with Gasteiger partial charge in [-0.15, -0.1) is 0 Å². The lowest BCUT2D eigenvalue weighted by Gasteiger charge is -2.32. The number of hydrogen-bond acceptors (Lipinski definition) is 3. The third-order valence-electron chi connectivity index (χ3n) is 2.82. The van der Waals surface area contributed by atoms with Gasteiger partial charge in [0, 0.05) is 36.8 Å². The molecule has 0 amide bonds. The summed E-state index contributed by atoms with van der Waals surface area (Å²) in [4.78, 5) is 2.05. The van der Waals surface area contributed by atoms with Crippen LogP contribution in [0, 0.1) is 5.82 Å². The number of benzene rings is 1. The van der Waals surface area contributed by atoms with Gasteiger partial charge in [0.2, 0.25) is 0 Å². The molecule has 1 atom stereocenters. The molecule has 3 N–H and O–H groups in total. The predicted octanol–water partition coefficient (Wildman–Crippen LogP) is 1.34. The van der Waals surface area contributed by atoms with E-state index in [1.165, 1.54) is 12.1 Å². The summed E-state index contributed by atoms with van der Waals surface area (Å²) in [5.41, 5.74) is 6.51. The molecular weight excluding hydrogens is 229 g/mol. The normalized spacial score (nSPS) is 19.7. The van der Waals surface area contributed by atoms with E-state index in [2.05, 4.69) is 5.32 Å². The van der Waals surface area contributed by atoms with Gasteiger partial charge in [-0.3, -0.25) is 4.90 Å². The minimum atomic E-state index is -0.416. The molecule has 3 nitrogen and oxygen atoms in total. The first-order valence-electron chi connectivity index (χ1n) is 5.34. The van der Waals surface area contributed by atoms with Crippen molar-refractivity contribution in [1.29, 1.82) is 0 Å². The van der Waals surface area contributed by atoms with Crippen molar-refractivity contribution in [3.8, 4) is 0 Å². The third kappa shape index (κ3) is 2.52. The molecule has 0 spiro atoms. The Kier molecular flexibility index (Phi) is 3.76. The van der Waals surface area contributed by atoms with E-state index in [1.54, 1.807) is 6.07 Å². The lowest BCUT2D eigenvalue weighted by atomic mass is 10.1. The Bertz CT molecular complexity index is 366. The average molecular weight is 244 g/mol. The Morgan fingerprint density at radius 3 is 2.75 bits per heavy atom. The Balaban J connectivity index is 2.18. The number of nitrogens with one attached hydrogen (secondary N) is 1. The van der Waals surface area contributed by atoms with Gasteiger partial charge in [0.05, 0.1) is 6.17 Å². The van der Waals surface area contributed by atoms with Crippen molar-refractivity contribution in [1.82, 2.24) is 10.2 Å². The van der Waals surface area contributed by atoms with Crippen LogP contribution >= 0.6 is 11.6 Å². The Labute approximate surface area is 99.4 Å². The second-order valence-electron chi connectivity index (χ2n) is 3.90. The highest BCUT2D eigenvalue weighted by Gasteiger charge is 2.21. The van der Waals surface area contributed by atoms with E-state index < -0.39 is 6.17 Å². The van der Waals surface area contributed by atoms with Crippen LogP contribution in [0.2, 0.25) is 5.02 Å². The van der Waals surface area contributed by atoms with Crippen LogP contribution < -0.4 is 11.1 Å². The van der Waals surface area contributed by atoms with E-state index in [0.717, 1.165) is 26.2 Å². The molecule has 1 aromatic rings. The Morgan fingerprint density at radius 1 is 1.38 bits per heavy atom. The van der Waals surface area contributed by atoms with E-state index in [-0.39, 0.29) is 5.82 Å². The highest BCUT2D eigenvalue weighted by atomic mass is 35.5. The summed E-state index contributed by atoms with van der Waals surface area (Å²) < 4.78 is 13.6. The highest BCUT2D eigenvalue weighted by Crippen LogP contribution is 2.22. The largest absolute Gasteiger partial charge is 0.314 e. The minimum absolute atomic E-state index is 0.296. The maximum atomic E-state index is 13.6. The molecule has 1 aliphatic heterocycles. The summed E-state index contributed by atoms with van der Waals surface area (Å²) in [6.45, 7) is 3.42. The fourth-order valence-corrected chi connectivity index (χ4v) is 2.08. The molecule has 0 aromatic heterocycles. The SMILES string of the molecule is NC(c1cc(Cl)ccc1F)N1CCNCC1. The molecule has 1 unspecified atom stereocenters. The third-order valence-corrected chi connectivity index (χ3v) is 3.06. The van der Waals surface area contributed by atoms with E-state index in [1.807, 2.05) is 4.90 Å². The number of hydrogen-bond donors (Lipinski definition) is 2. The highest BCUT2D eigenvalue weighted by molar-refractivity contribution is 6.30. The van der Waals surface area contributed by atoms with Crippen LogP contribution in [-0.4, -0.2) is 31.1 Å². The second kappa shape index (κ2) is 5.10. The standard InChI is InChI=1S/C11H15ClFN3/c12-8-1-2-10(13)9(7-8)11(14)16-5-3-15-4-6-16/h1-2,7,11,15H,3-6,14H2. The Hall–Kier alpha value is -0.680. The fraction of sp³-hybridized carbons (Fsp3) is 0.455. The number of rotatable bonds is 2. The van der Waals surface area contributed by atoms with Gasteiger partial charge in [-0.2, -0.15) is 0 Å². The van der Waals surface area contributed by atoms with Crippen molar-refractivity contribution in [3.63, 3.8) is 0 Å². The van der Waals surface area contributed by atoms with Gasteiger partial charge < -0.3 is 11.1 Å². The zero-order valence-corrected chi connectivity index (χ0v) is 9.67. The van der Waals surface area contributed by atoms with Crippen LogP contribution in [-0.2, 0) is 0 Å². The van der Waals surface area contributed by atoms with E-state index in [4.69, 9.17) is 17.3 Å². The van der Waals surface area contributed by atoms with Crippen LogP contribution in [0.3, 0.4) is 0 Å². The van der Waals surface area contributed by atoms with Gasteiger partial charge in [-0.1, -0.05) is 11.6 Å². The zero-order chi connectivity index (χ0) is 11.5. The van der Waals surface area contributed by atoms with Crippen molar-refractivity contribution in [2.24, 2.45) is 5.73 Å². The number of halogens is 2. The summed E-state index contributed by atoms with van der Waals surface area (Å²) >= 11 is 5.85. The molecule has 5 heteroatoms. The maximum absolute atomic E-state index is 13.6. The van der Waals surface area contributed by atoms with Gasteiger partial charge in [0.15, 0.2) is 0 Å². The topological polar surface area (TPSA) is 41.3 Å². The van der Waals surface area contributed by atoms with Gasteiger partial charge in [0.1, 0.15) is 5.82 Å². The van der Waals surface area contributed by atoms with Crippen LogP contribution in [0.15, 0.2) is 18.2 Å². The number of nitrogens with two attached hydrogens (primary N) is 1. The van der Waals surface area contributed by atoms with E-state index in [9.17, 15) is 4.39 Å². The average Bonchev–Trinajstić information content (AvgIpc) is 2.32. The molecule has 0 aliphatic carbocycles. The van der Waals surface area contributed by atoms with Crippen LogP contribution in [0.25, 0.3) is 0 Å². The maximum Gasteiger partial charge on any atom is 0.129 e. The fourth-order valence-electron chi connectivity index (χ4n) is 1.90. The molecule has 0 saturated carbocycles. The van der Waals surface area contributed by atoms with Gasteiger partial charge in [-0.25, -0.2) is 4.39 Å². The monoisotopic (exact) mass is 243 g/mol. The summed E-state index contributed by atoms with van der Waals surface area (Å²) in [6.07, 6.45) is -0.416. The molecule has 2 rings (SSSR count). The van der Waals surface area contributed by atoms with Crippen LogP contribution in [0.1, 0.15) is 11.7 Å². The molecule has 1 fully saturated rings. The molecule has 0 radical (unpaired) electrons. The zero-order valence-electron chi connectivity index (χ0n) is 8.92. The summed E-state index contributed by atoms with van der Waals surface area (Å²) in [7, 11) is 0. The smallest absolute Gasteiger partial charge is 0.129 e. The van der Waals surface area contributed by atoms with Crippen molar-refractivity contribution in [2.45, 2.75) is 6.17 Å². The molecule has 0 bridgehead atoms. The first-order valence-corrected chi connectivity index (χ1v) is 5.71. The lowest BCUT2D eigenvalue weighted by Crippen LogP contribution is -2.47. The molecule has 1 aliphatic rings. The summed E-state index contributed by atoms with van der Waals surface area (Å²) in [6, 6.07) is 4.49. The Morgan fingerprint density at radius 2 is 2.06 bits per heavy atom. The van der Waals surface area contributed by atoms with E-state index in [0.29, 0.717) is 10.6 Å². The molecule has 1 heterocycles. The molecular formula is C11H15ClFN3. The van der Waals surface area contributed by atoms with Crippen LogP contribution in [0.5, 0.6) is 0 Å². The molecule has 1 saturated heterocycles. The molecule has 1 aromatic carbocycles. The van der Waals surface area contributed by atoms with Gasteiger partial charge >= 0.3 is 0 Å². The first kappa shape index (κ1) is 11.8. The van der Waals surface area contributed by atoms with Crippen molar-refractivity contribution in [2.75, 3.05) is 26.2 Å².